The number of hydrogen-bond acceptors (Lipinski definition) is 4. The Kier molecular flexibility index (Phi) is 3.15. The lowest BCUT2D eigenvalue weighted by Gasteiger charge is -2.43. The number of hydrogen-bond donors (Lipinski definition) is 0. The van der Waals surface area contributed by atoms with Gasteiger partial charge in [0.2, 0.25) is 0 Å². The van der Waals surface area contributed by atoms with Crippen LogP contribution in [0.2, 0.25) is 0 Å². The van der Waals surface area contributed by atoms with Crippen LogP contribution in [0.1, 0.15) is 46.0 Å². The van der Waals surface area contributed by atoms with Crippen molar-refractivity contribution in [3.8, 4) is 0 Å². The summed E-state index contributed by atoms with van der Waals surface area (Å²) in [5.74, 6) is 1.31. The van der Waals surface area contributed by atoms with E-state index in [-0.39, 0.29) is 11.8 Å². The molecule has 0 spiro atoms. The molecular weight excluding hydrogens is 218 g/mol. The lowest BCUT2D eigenvalue weighted by molar-refractivity contribution is -0.454. The lowest BCUT2D eigenvalue weighted by atomic mass is 9.81. The van der Waals surface area contributed by atoms with Gasteiger partial charge in [-0.15, -0.1) is 0 Å². The van der Waals surface area contributed by atoms with Crippen LogP contribution >= 0.6 is 0 Å². The van der Waals surface area contributed by atoms with Crippen LogP contribution in [0, 0.1) is 11.8 Å². The number of hydroxylamine groups is 2. The molecule has 0 aromatic carbocycles. The van der Waals surface area contributed by atoms with Crippen LogP contribution in [0.5, 0.6) is 0 Å². The zero-order chi connectivity index (χ0) is 11.9. The Morgan fingerprint density at radius 2 is 2.18 bits per heavy atom. The maximum atomic E-state index is 5.83. The third-order valence-electron chi connectivity index (χ3n) is 4.79. The Morgan fingerprint density at radius 1 is 1.35 bits per heavy atom. The van der Waals surface area contributed by atoms with Gasteiger partial charge in [-0.25, -0.2) is 4.84 Å². The summed E-state index contributed by atoms with van der Waals surface area (Å²) < 4.78 is 5.78. The van der Waals surface area contributed by atoms with Crippen LogP contribution in [0.15, 0.2) is 0 Å². The van der Waals surface area contributed by atoms with Gasteiger partial charge < -0.3 is 4.74 Å². The molecule has 2 heterocycles. The first-order valence-electron chi connectivity index (χ1n) is 6.96. The van der Waals surface area contributed by atoms with Crippen LogP contribution < -0.4 is 0 Å². The number of nitrogens with zero attached hydrogens (tertiary/aromatic N) is 1. The maximum Gasteiger partial charge on any atom is 0.180 e. The minimum Gasteiger partial charge on any atom is -0.351 e. The Labute approximate surface area is 103 Å². The average Bonchev–Trinajstić information content (AvgIpc) is 2.81. The fourth-order valence-electron chi connectivity index (χ4n) is 3.51. The summed E-state index contributed by atoms with van der Waals surface area (Å²) >= 11 is 0. The van der Waals surface area contributed by atoms with Gasteiger partial charge in [-0.05, 0) is 32.1 Å². The van der Waals surface area contributed by atoms with E-state index in [2.05, 4.69) is 13.8 Å². The van der Waals surface area contributed by atoms with Crippen LogP contribution in [0.25, 0.3) is 0 Å². The molecule has 0 aromatic heterocycles. The second kappa shape index (κ2) is 4.50. The molecule has 4 atom stereocenters. The molecular formula is C13H23NO3. The second-order valence-electron chi connectivity index (χ2n) is 5.74. The normalized spacial score (nSPS) is 45.2. The topological polar surface area (TPSA) is 30.9 Å². The minimum absolute atomic E-state index is 0.100. The highest BCUT2D eigenvalue weighted by atomic mass is 17.0. The van der Waals surface area contributed by atoms with Gasteiger partial charge in [-0.2, -0.15) is 0 Å². The summed E-state index contributed by atoms with van der Waals surface area (Å²) in [6, 6.07) is 0. The zero-order valence-corrected chi connectivity index (χ0v) is 10.9. The molecule has 4 heteroatoms. The Bertz CT molecular complexity index is 266. The maximum absolute atomic E-state index is 5.83. The van der Waals surface area contributed by atoms with Gasteiger partial charge in [0.15, 0.2) is 6.29 Å². The molecule has 0 radical (unpaired) electrons. The highest BCUT2D eigenvalue weighted by molar-refractivity contribution is 5.03. The fourth-order valence-corrected chi connectivity index (χ4v) is 3.51. The first-order chi connectivity index (χ1) is 8.25. The lowest BCUT2D eigenvalue weighted by Crippen LogP contribution is -2.54. The van der Waals surface area contributed by atoms with Crippen molar-refractivity contribution in [3.05, 3.63) is 0 Å². The fraction of sp³-hybridized carbons (Fsp3) is 1.00. The van der Waals surface area contributed by atoms with E-state index in [1.54, 1.807) is 5.23 Å². The van der Waals surface area contributed by atoms with Crippen molar-refractivity contribution in [1.82, 2.24) is 5.23 Å². The third-order valence-corrected chi connectivity index (χ3v) is 4.79. The van der Waals surface area contributed by atoms with Crippen molar-refractivity contribution in [2.75, 3.05) is 13.2 Å². The number of rotatable bonds is 4. The molecule has 1 unspecified atom stereocenters. The molecule has 1 saturated carbocycles. The van der Waals surface area contributed by atoms with Crippen LogP contribution in [0.4, 0.5) is 0 Å². The largest absolute Gasteiger partial charge is 0.351 e. The van der Waals surface area contributed by atoms with E-state index in [0.29, 0.717) is 11.8 Å². The number of unbranched alkanes of at least 4 members (excludes halogenated alkanes) is 1. The number of ether oxygens (including phenoxy) is 1. The predicted octanol–water partition coefficient (Wildman–Crippen LogP) is 2.50. The molecule has 0 N–H and O–H groups in total. The van der Waals surface area contributed by atoms with Gasteiger partial charge in [-0.3, -0.25) is 4.84 Å². The second-order valence-corrected chi connectivity index (χ2v) is 5.74. The van der Waals surface area contributed by atoms with E-state index < -0.39 is 0 Å². The van der Waals surface area contributed by atoms with Crippen molar-refractivity contribution in [2.24, 2.45) is 11.8 Å². The summed E-state index contributed by atoms with van der Waals surface area (Å²) in [6.45, 7) is 6.06. The van der Waals surface area contributed by atoms with E-state index >= 15 is 0 Å². The Balaban J connectivity index is 1.63. The molecule has 0 bridgehead atoms. The zero-order valence-electron chi connectivity index (χ0n) is 10.9. The van der Waals surface area contributed by atoms with Gasteiger partial charge in [0.25, 0.3) is 0 Å². The van der Waals surface area contributed by atoms with E-state index in [0.717, 1.165) is 32.5 Å². The molecule has 3 rings (SSSR count). The average molecular weight is 241 g/mol. The summed E-state index contributed by atoms with van der Waals surface area (Å²) in [6.07, 6.45) is 5.75. The van der Waals surface area contributed by atoms with Crippen molar-refractivity contribution >= 4 is 0 Å². The molecule has 3 aliphatic rings. The minimum atomic E-state index is -0.100. The van der Waals surface area contributed by atoms with Crippen molar-refractivity contribution in [1.29, 1.82) is 0 Å². The molecule has 2 aliphatic heterocycles. The van der Waals surface area contributed by atoms with Crippen molar-refractivity contribution < 1.29 is 14.4 Å². The van der Waals surface area contributed by atoms with Crippen molar-refractivity contribution in [3.63, 3.8) is 0 Å². The quantitative estimate of drug-likeness (QED) is 0.708. The molecule has 3 fully saturated rings. The van der Waals surface area contributed by atoms with Crippen LogP contribution in [0.3, 0.4) is 0 Å². The Hall–Kier alpha value is -0.160. The standard InChI is InChI=1S/C13H23NO3/c1-3-4-7-15-12-8-10-5-6-11-9-16-14(17-12)13(10,11)2/h10-12H,3-9H2,1-2H3/t10-,11+,12?,13+/m0/s1. The monoisotopic (exact) mass is 241 g/mol. The highest BCUT2D eigenvalue weighted by Gasteiger charge is 2.60. The summed E-state index contributed by atoms with van der Waals surface area (Å²) in [5.41, 5.74) is 0.102. The summed E-state index contributed by atoms with van der Waals surface area (Å²) in [7, 11) is 0. The van der Waals surface area contributed by atoms with E-state index in [9.17, 15) is 0 Å². The van der Waals surface area contributed by atoms with Crippen LogP contribution in [-0.2, 0) is 14.4 Å². The molecule has 98 valence electrons. The van der Waals surface area contributed by atoms with Gasteiger partial charge in [0.05, 0.1) is 12.1 Å². The smallest absolute Gasteiger partial charge is 0.180 e. The van der Waals surface area contributed by atoms with Crippen molar-refractivity contribution in [2.45, 2.75) is 57.8 Å². The van der Waals surface area contributed by atoms with Gasteiger partial charge in [0.1, 0.15) is 0 Å². The summed E-state index contributed by atoms with van der Waals surface area (Å²) in [5, 5.41) is 1.76. The van der Waals surface area contributed by atoms with E-state index in [4.69, 9.17) is 14.4 Å². The molecule has 0 amide bonds. The van der Waals surface area contributed by atoms with Crippen LogP contribution in [-0.4, -0.2) is 30.3 Å². The van der Waals surface area contributed by atoms with Gasteiger partial charge in [0, 0.05) is 18.9 Å². The first-order valence-corrected chi connectivity index (χ1v) is 6.96. The predicted molar refractivity (Wildman–Crippen MR) is 62.8 cm³/mol. The molecule has 1 aliphatic carbocycles. The molecule has 0 aromatic rings. The third kappa shape index (κ3) is 1.82. The SMILES string of the molecule is CCCCOC1C[C@@H]2CC[C@@H]3CON(O1)[C@@]32C. The van der Waals surface area contributed by atoms with Gasteiger partial charge in [-0.1, -0.05) is 18.6 Å². The first kappa shape index (κ1) is 11.9. The molecule has 4 nitrogen and oxygen atoms in total. The van der Waals surface area contributed by atoms with E-state index in [1.165, 1.54) is 12.8 Å². The Morgan fingerprint density at radius 3 is 3.00 bits per heavy atom. The molecule has 17 heavy (non-hydrogen) atoms. The molecule has 2 saturated heterocycles. The van der Waals surface area contributed by atoms with Gasteiger partial charge >= 0.3 is 0 Å². The van der Waals surface area contributed by atoms with E-state index in [1.807, 2.05) is 0 Å². The summed E-state index contributed by atoms with van der Waals surface area (Å²) in [4.78, 5) is 11.5. The highest BCUT2D eigenvalue weighted by Crippen LogP contribution is 2.53.